The number of ketones is 1. The summed E-state index contributed by atoms with van der Waals surface area (Å²) in [6, 6.07) is 11.0. The van der Waals surface area contributed by atoms with Crippen molar-refractivity contribution in [2.45, 2.75) is 19.3 Å². The third-order valence-corrected chi connectivity index (χ3v) is 4.84. The molecule has 0 saturated heterocycles. The highest BCUT2D eigenvalue weighted by molar-refractivity contribution is 7.17. The molecule has 0 aliphatic heterocycles. The predicted molar refractivity (Wildman–Crippen MR) is 89.3 cm³/mol. The largest absolute Gasteiger partial charge is 0.355 e. The van der Waals surface area contributed by atoms with Crippen LogP contribution in [0.25, 0.3) is 11.3 Å². The van der Waals surface area contributed by atoms with E-state index < -0.39 is 5.91 Å². The highest BCUT2D eigenvalue weighted by atomic mass is 32.1. The van der Waals surface area contributed by atoms with Crippen molar-refractivity contribution in [1.29, 1.82) is 0 Å². The number of fused-ring (bicyclic) bond motifs is 1. The third kappa shape index (κ3) is 2.74. The lowest BCUT2D eigenvalue weighted by atomic mass is 10.0. The summed E-state index contributed by atoms with van der Waals surface area (Å²) in [5.41, 5.74) is 1.80. The maximum absolute atomic E-state index is 12.3. The van der Waals surface area contributed by atoms with Crippen LogP contribution in [0.15, 0.2) is 40.9 Å². The Kier molecular flexibility index (Phi) is 3.70. The van der Waals surface area contributed by atoms with Crippen LogP contribution in [0.3, 0.4) is 0 Å². The Labute approximate surface area is 141 Å². The van der Waals surface area contributed by atoms with Crippen LogP contribution in [0.5, 0.6) is 0 Å². The summed E-state index contributed by atoms with van der Waals surface area (Å²) in [5, 5.41) is 6.92. The van der Waals surface area contributed by atoms with E-state index >= 15 is 0 Å². The molecule has 3 aromatic rings. The number of hydrogen-bond acceptors (Lipinski definition) is 6. The van der Waals surface area contributed by atoms with Gasteiger partial charge in [-0.25, -0.2) is 4.98 Å². The maximum atomic E-state index is 12.3. The Balaban J connectivity index is 1.53. The zero-order chi connectivity index (χ0) is 16.5. The van der Waals surface area contributed by atoms with E-state index in [1.54, 1.807) is 6.07 Å². The van der Waals surface area contributed by atoms with Gasteiger partial charge in [0.1, 0.15) is 0 Å². The van der Waals surface area contributed by atoms with Crippen molar-refractivity contribution in [3.8, 4) is 11.3 Å². The van der Waals surface area contributed by atoms with Gasteiger partial charge in [-0.15, -0.1) is 0 Å². The first kappa shape index (κ1) is 14.8. The molecule has 120 valence electrons. The summed E-state index contributed by atoms with van der Waals surface area (Å²) < 4.78 is 5.23. The van der Waals surface area contributed by atoms with Crippen LogP contribution in [0.1, 0.15) is 38.7 Å². The van der Waals surface area contributed by atoms with E-state index in [-0.39, 0.29) is 11.5 Å². The van der Waals surface area contributed by atoms with Gasteiger partial charge < -0.3 is 4.52 Å². The molecule has 2 aromatic heterocycles. The van der Waals surface area contributed by atoms with Crippen LogP contribution < -0.4 is 5.32 Å². The number of Topliss-reactive ketones (excluding diaryl/α,β-unsaturated/α-hetero) is 1. The molecule has 1 aliphatic rings. The van der Waals surface area contributed by atoms with Crippen molar-refractivity contribution < 1.29 is 14.1 Å². The zero-order valence-corrected chi connectivity index (χ0v) is 13.4. The van der Waals surface area contributed by atoms with Crippen molar-refractivity contribution in [3.63, 3.8) is 0 Å². The average Bonchev–Trinajstić information content (AvgIpc) is 3.23. The molecule has 0 unspecified atom stereocenters. The Bertz CT molecular complexity index is 914. The summed E-state index contributed by atoms with van der Waals surface area (Å²) >= 11 is 1.22. The van der Waals surface area contributed by atoms with Crippen molar-refractivity contribution in [2.24, 2.45) is 0 Å². The lowest BCUT2D eigenvalue weighted by Gasteiger charge is -2.05. The Morgan fingerprint density at radius 2 is 2.04 bits per heavy atom. The monoisotopic (exact) mass is 339 g/mol. The highest BCUT2D eigenvalue weighted by Gasteiger charge is 2.23. The smallest absolute Gasteiger partial charge is 0.279 e. The lowest BCUT2D eigenvalue weighted by molar-refractivity contribution is 0.0974. The summed E-state index contributed by atoms with van der Waals surface area (Å²) in [7, 11) is 0. The molecule has 7 heteroatoms. The van der Waals surface area contributed by atoms with E-state index in [2.05, 4.69) is 15.5 Å². The van der Waals surface area contributed by atoms with E-state index in [0.29, 0.717) is 22.2 Å². The van der Waals surface area contributed by atoms with Gasteiger partial charge in [-0.2, -0.15) is 0 Å². The second-order valence-electron chi connectivity index (χ2n) is 5.47. The summed E-state index contributed by atoms with van der Waals surface area (Å²) in [4.78, 5) is 29.1. The van der Waals surface area contributed by atoms with Crippen molar-refractivity contribution in [2.75, 3.05) is 5.32 Å². The second-order valence-corrected chi connectivity index (χ2v) is 6.47. The third-order valence-electron chi connectivity index (χ3n) is 3.79. The van der Waals surface area contributed by atoms with E-state index in [0.717, 1.165) is 24.1 Å². The number of benzene rings is 1. The Morgan fingerprint density at radius 3 is 2.83 bits per heavy atom. The maximum Gasteiger partial charge on any atom is 0.279 e. The van der Waals surface area contributed by atoms with Crippen molar-refractivity contribution in [3.05, 3.63) is 52.7 Å². The molecule has 0 atom stereocenters. The standard InChI is InChI=1S/C17H13N3O3S/c21-13-8-4-7-11-15(13)24-17(18-11)19-16(22)12-9-14(23-20-12)10-5-2-1-3-6-10/h1-3,5-6,9H,4,7-8H2,(H,18,19,22). The minimum Gasteiger partial charge on any atom is -0.355 e. The van der Waals surface area contributed by atoms with Crippen molar-refractivity contribution in [1.82, 2.24) is 10.1 Å². The average molecular weight is 339 g/mol. The number of amides is 1. The number of nitrogens with zero attached hydrogens (tertiary/aromatic N) is 2. The molecular weight excluding hydrogens is 326 g/mol. The molecule has 4 rings (SSSR count). The number of aromatic nitrogens is 2. The zero-order valence-electron chi connectivity index (χ0n) is 12.6. The summed E-state index contributed by atoms with van der Waals surface area (Å²) in [5.74, 6) is 0.218. The van der Waals surface area contributed by atoms with E-state index in [1.165, 1.54) is 11.3 Å². The predicted octanol–water partition coefficient (Wildman–Crippen LogP) is 3.57. The van der Waals surface area contributed by atoms with Gasteiger partial charge in [0.25, 0.3) is 5.91 Å². The summed E-state index contributed by atoms with van der Waals surface area (Å²) in [6.07, 6.45) is 2.13. The highest BCUT2D eigenvalue weighted by Crippen LogP contribution is 2.30. The topological polar surface area (TPSA) is 85.1 Å². The molecule has 1 aromatic carbocycles. The Hall–Kier alpha value is -2.80. The van der Waals surface area contributed by atoms with Gasteiger partial charge in [0, 0.05) is 18.1 Å². The van der Waals surface area contributed by atoms with Gasteiger partial charge in [0.05, 0.1) is 10.6 Å². The van der Waals surface area contributed by atoms with Crippen LogP contribution in [0, 0.1) is 0 Å². The fourth-order valence-corrected chi connectivity index (χ4v) is 3.58. The first-order chi connectivity index (χ1) is 11.7. The Morgan fingerprint density at radius 1 is 1.21 bits per heavy atom. The molecule has 1 amide bonds. The van der Waals surface area contributed by atoms with E-state index in [1.807, 2.05) is 30.3 Å². The quantitative estimate of drug-likeness (QED) is 0.788. The summed E-state index contributed by atoms with van der Waals surface area (Å²) in [6.45, 7) is 0. The van der Waals surface area contributed by atoms with Gasteiger partial charge in [-0.3, -0.25) is 14.9 Å². The number of rotatable bonds is 3. The molecule has 6 nitrogen and oxygen atoms in total. The van der Waals surface area contributed by atoms with Crippen LogP contribution in [-0.2, 0) is 6.42 Å². The van der Waals surface area contributed by atoms with Gasteiger partial charge in [0.2, 0.25) is 0 Å². The van der Waals surface area contributed by atoms with Crippen LogP contribution in [0.4, 0.5) is 5.13 Å². The number of hydrogen-bond donors (Lipinski definition) is 1. The fourth-order valence-electron chi connectivity index (χ4n) is 2.60. The second kappa shape index (κ2) is 6.01. The van der Waals surface area contributed by atoms with Gasteiger partial charge in [-0.1, -0.05) is 46.8 Å². The first-order valence-corrected chi connectivity index (χ1v) is 8.39. The molecule has 0 fully saturated rings. The first-order valence-electron chi connectivity index (χ1n) is 7.57. The van der Waals surface area contributed by atoms with Crippen LogP contribution in [-0.4, -0.2) is 21.8 Å². The number of anilines is 1. The van der Waals surface area contributed by atoms with Gasteiger partial charge in [-0.05, 0) is 12.8 Å². The molecule has 1 N–H and O–H groups in total. The minimum absolute atomic E-state index is 0.0991. The van der Waals surface area contributed by atoms with Crippen LogP contribution in [0.2, 0.25) is 0 Å². The van der Waals surface area contributed by atoms with Gasteiger partial charge in [0.15, 0.2) is 22.4 Å². The number of thiazole rings is 1. The number of carbonyl (C=O) groups excluding carboxylic acids is 2. The molecule has 0 saturated carbocycles. The van der Waals surface area contributed by atoms with E-state index in [9.17, 15) is 9.59 Å². The lowest BCUT2D eigenvalue weighted by Crippen LogP contribution is -2.12. The number of nitrogens with one attached hydrogen (secondary N) is 1. The molecule has 0 spiro atoms. The van der Waals surface area contributed by atoms with Crippen molar-refractivity contribution >= 4 is 28.2 Å². The SMILES string of the molecule is O=C(Nc1nc2c(s1)C(=O)CCC2)c1cc(-c2ccccc2)on1. The normalized spacial score (nSPS) is 13.6. The van der Waals surface area contributed by atoms with Gasteiger partial charge >= 0.3 is 0 Å². The molecular formula is C17H13N3O3S. The minimum atomic E-state index is -0.403. The molecule has 0 radical (unpaired) electrons. The van der Waals surface area contributed by atoms with E-state index in [4.69, 9.17) is 4.52 Å². The molecule has 0 bridgehead atoms. The molecule has 24 heavy (non-hydrogen) atoms. The molecule has 1 aliphatic carbocycles. The number of aryl methyl sites for hydroxylation is 1. The van der Waals surface area contributed by atoms with Crippen LogP contribution >= 0.6 is 11.3 Å². The number of carbonyl (C=O) groups is 2. The fraction of sp³-hybridized carbons (Fsp3) is 0.176. The molecule has 2 heterocycles.